The van der Waals surface area contributed by atoms with Gasteiger partial charge in [-0.1, -0.05) is 262 Å². The summed E-state index contributed by atoms with van der Waals surface area (Å²) in [7, 11) is 0. The van der Waals surface area contributed by atoms with Crippen molar-refractivity contribution in [1.82, 2.24) is 5.32 Å². The van der Waals surface area contributed by atoms with Crippen LogP contribution >= 0.6 is 0 Å². The van der Waals surface area contributed by atoms with Gasteiger partial charge in [0.25, 0.3) is 0 Å². The van der Waals surface area contributed by atoms with E-state index in [1.807, 2.05) is 0 Å². The van der Waals surface area contributed by atoms with Crippen LogP contribution in [0.15, 0.2) is 36.5 Å². The molecule has 0 aromatic heterocycles. The zero-order chi connectivity index (χ0) is 48.6. The third-order valence-corrected chi connectivity index (χ3v) is 13.7. The summed E-state index contributed by atoms with van der Waals surface area (Å²) in [5, 5.41) is 23.3. The lowest BCUT2D eigenvalue weighted by atomic mass is 10.0. The average molecular weight is 943 g/mol. The fourth-order valence-electron chi connectivity index (χ4n) is 9.06. The van der Waals surface area contributed by atoms with Crippen LogP contribution in [0, 0.1) is 0 Å². The first-order chi connectivity index (χ1) is 33.0. The first-order valence-corrected chi connectivity index (χ1v) is 29.7. The molecule has 0 radical (unpaired) electrons. The highest BCUT2D eigenvalue weighted by Crippen LogP contribution is 2.17. The van der Waals surface area contributed by atoms with E-state index in [4.69, 9.17) is 4.74 Å². The van der Waals surface area contributed by atoms with E-state index in [0.717, 1.165) is 64.2 Å². The van der Waals surface area contributed by atoms with Crippen LogP contribution in [0.1, 0.15) is 316 Å². The molecule has 0 heterocycles. The Hall–Kier alpha value is -1.92. The number of allylic oxidation sites excluding steroid dienone is 6. The van der Waals surface area contributed by atoms with Crippen molar-refractivity contribution in [2.75, 3.05) is 13.2 Å². The highest BCUT2D eigenvalue weighted by Gasteiger charge is 2.20. The summed E-state index contributed by atoms with van der Waals surface area (Å²) < 4.78 is 5.46. The third-order valence-electron chi connectivity index (χ3n) is 13.7. The fourth-order valence-corrected chi connectivity index (χ4v) is 9.06. The zero-order valence-electron chi connectivity index (χ0n) is 44.9. The number of unbranched alkanes of at least 4 members (excludes halogenated alkanes) is 38. The minimum Gasteiger partial charge on any atom is -0.466 e. The summed E-state index contributed by atoms with van der Waals surface area (Å²) in [5.74, 6) is -0.0618. The second-order valence-corrected chi connectivity index (χ2v) is 20.3. The van der Waals surface area contributed by atoms with Gasteiger partial charge in [-0.05, 0) is 77.0 Å². The van der Waals surface area contributed by atoms with Gasteiger partial charge < -0.3 is 20.3 Å². The molecule has 0 aromatic carbocycles. The smallest absolute Gasteiger partial charge is 0.305 e. The van der Waals surface area contributed by atoms with Crippen molar-refractivity contribution in [3.05, 3.63) is 36.5 Å². The normalized spacial score (nSPS) is 12.8. The Kier molecular flexibility index (Phi) is 55.0. The van der Waals surface area contributed by atoms with Gasteiger partial charge in [0.2, 0.25) is 5.91 Å². The summed E-state index contributed by atoms with van der Waals surface area (Å²) in [6.07, 6.45) is 69.9. The molecule has 2 atom stereocenters. The highest BCUT2D eigenvalue weighted by molar-refractivity contribution is 5.76. The Morgan fingerprint density at radius 1 is 0.418 bits per heavy atom. The molecule has 0 rings (SSSR count). The highest BCUT2D eigenvalue weighted by atomic mass is 16.5. The SMILES string of the molecule is CCCC/C=C\C/C=C\CCCCCCCC(=O)OCCCCCCCC/C=C\CCCCCCCCCC(=O)NC(CO)C(O)CCCCCCCCCCCCCCCCCCCCC. The summed E-state index contributed by atoms with van der Waals surface area (Å²) in [4.78, 5) is 24.5. The van der Waals surface area contributed by atoms with E-state index in [-0.39, 0.29) is 18.5 Å². The van der Waals surface area contributed by atoms with E-state index in [1.165, 1.54) is 218 Å². The number of nitrogens with one attached hydrogen (secondary N) is 1. The molecule has 3 N–H and O–H groups in total. The van der Waals surface area contributed by atoms with E-state index >= 15 is 0 Å². The zero-order valence-corrected chi connectivity index (χ0v) is 44.9. The topological polar surface area (TPSA) is 95.9 Å². The van der Waals surface area contributed by atoms with Crippen LogP contribution in [-0.4, -0.2) is 47.4 Å². The van der Waals surface area contributed by atoms with Crippen molar-refractivity contribution in [2.24, 2.45) is 0 Å². The minimum absolute atomic E-state index is 0.0163. The maximum absolute atomic E-state index is 12.5. The Labute approximate surface area is 417 Å². The second kappa shape index (κ2) is 56.7. The Morgan fingerprint density at radius 2 is 0.761 bits per heavy atom. The number of hydrogen-bond donors (Lipinski definition) is 3. The lowest BCUT2D eigenvalue weighted by molar-refractivity contribution is -0.143. The van der Waals surface area contributed by atoms with Crippen molar-refractivity contribution < 1.29 is 24.5 Å². The van der Waals surface area contributed by atoms with Gasteiger partial charge in [0, 0.05) is 12.8 Å². The number of amides is 1. The Bertz CT molecular complexity index is 1090. The van der Waals surface area contributed by atoms with Crippen molar-refractivity contribution in [3.8, 4) is 0 Å². The summed E-state index contributed by atoms with van der Waals surface area (Å²) in [6, 6.07) is -0.552. The molecular weight excluding hydrogens is 827 g/mol. The predicted octanol–water partition coefficient (Wildman–Crippen LogP) is 18.4. The molecule has 0 bridgehead atoms. The summed E-state index contributed by atoms with van der Waals surface area (Å²) in [6.45, 7) is 4.90. The lowest BCUT2D eigenvalue weighted by Crippen LogP contribution is -2.45. The number of aliphatic hydroxyl groups excluding tert-OH is 2. The predicted molar refractivity (Wildman–Crippen MR) is 292 cm³/mol. The summed E-state index contributed by atoms with van der Waals surface area (Å²) >= 11 is 0. The van der Waals surface area contributed by atoms with Crippen LogP contribution in [0.3, 0.4) is 0 Å². The Balaban J connectivity index is 3.47. The van der Waals surface area contributed by atoms with Crippen LogP contribution in [-0.2, 0) is 14.3 Å². The molecule has 0 aliphatic carbocycles. The number of esters is 1. The van der Waals surface area contributed by atoms with Crippen molar-refractivity contribution >= 4 is 11.9 Å². The van der Waals surface area contributed by atoms with Gasteiger partial charge in [-0.3, -0.25) is 9.59 Å². The van der Waals surface area contributed by atoms with E-state index < -0.39 is 12.1 Å². The molecule has 0 aliphatic heterocycles. The molecule has 394 valence electrons. The molecule has 0 fully saturated rings. The van der Waals surface area contributed by atoms with E-state index in [2.05, 4.69) is 55.6 Å². The molecule has 2 unspecified atom stereocenters. The number of ether oxygens (including phenoxy) is 1. The van der Waals surface area contributed by atoms with Gasteiger partial charge in [0.1, 0.15) is 0 Å². The number of carbonyl (C=O) groups excluding carboxylic acids is 2. The van der Waals surface area contributed by atoms with Crippen LogP contribution in [0.4, 0.5) is 0 Å². The van der Waals surface area contributed by atoms with Crippen molar-refractivity contribution in [1.29, 1.82) is 0 Å². The third kappa shape index (κ3) is 53.3. The molecule has 0 saturated carbocycles. The molecule has 0 saturated heterocycles. The number of carbonyl (C=O) groups is 2. The molecule has 0 aromatic rings. The van der Waals surface area contributed by atoms with Crippen LogP contribution in [0.2, 0.25) is 0 Å². The van der Waals surface area contributed by atoms with E-state index in [1.54, 1.807) is 0 Å². The maximum atomic E-state index is 12.5. The molecule has 1 amide bonds. The lowest BCUT2D eigenvalue weighted by Gasteiger charge is -2.22. The van der Waals surface area contributed by atoms with Gasteiger partial charge in [0.15, 0.2) is 0 Å². The van der Waals surface area contributed by atoms with Crippen molar-refractivity contribution in [3.63, 3.8) is 0 Å². The molecule has 0 aliphatic rings. The van der Waals surface area contributed by atoms with E-state index in [0.29, 0.717) is 25.9 Å². The van der Waals surface area contributed by atoms with Crippen molar-refractivity contribution in [2.45, 2.75) is 328 Å². The molecule has 0 spiro atoms. The average Bonchev–Trinajstić information content (AvgIpc) is 3.33. The molecule has 6 heteroatoms. The number of aliphatic hydroxyl groups is 2. The molecular formula is C61H115NO5. The standard InChI is InChI=1S/C61H115NO5/c1-3-5-7-9-11-13-15-17-19-20-21-23-26-29-33-37-41-45-49-53-59(64)58(57-63)62-60(65)54-50-46-42-38-34-30-27-24-22-25-28-32-36-40-44-48-52-56-67-61(66)55-51-47-43-39-35-31-18-16-14-12-10-8-6-4-2/h10,12,16,18,22,25,58-59,63-64H,3-9,11,13-15,17,19-21,23-24,26-57H2,1-2H3,(H,62,65)/b12-10-,18-16-,25-22-. The quantitative estimate of drug-likeness (QED) is 0.0321. The summed E-state index contributed by atoms with van der Waals surface area (Å²) in [5.41, 5.74) is 0. The molecule has 67 heavy (non-hydrogen) atoms. The first-order valence-electron chi connectivity index (χ1n) is 29.7. The monoisotopic (exact) mass is 942 g/mol. The van der Waals surface area contributed by atoms with Crippen LogP contribution < -0.4 is 5.32 Å². The van der Waals surface area contributed by atoms with Crippen LogP contribution in [0.5, 0.6) is 0 Å². The number of hydrogen-bond acceptors (Lipinski definition) is 5. The van der Waals surface area contributed by atoms with Gasteiger partial charge in [0.05, 0.1) is 25.4 Å². The molecule has 6 nitrogen and oxygen atoms in total. The largest absolute Gasteiger partial charge is 0.466 e. The van der Waals surface area contributed by atoms with Gasteiger partial charge in [-0.2, -0.15) is 0 Å². The number of rotatable bonds is 55. The first kappa shape index (κ1) is 65.1. The fraction of sp³-hybridized carbons (Fsp3) is 0.869. The van der Waals surface area contributed by atoms with Gasteiger partial charge in [-0.25, -0.2) is 0 Å². The second-order valence-electron chi connectivity index (χ2n) is 20.3. The Morgan fingerprint density at radius 3 is 1.19 bits per heavy atom. The van der Waals surface area contributed by atoms with Gasteiger partial charge in [-0.15, -0.1) is 0 Å². The maximum Gasteiger partial charge on any atom is 0.305 e. The van der Waals surface area contributed by atoms with E-state index in [9.17, 15) is 19.8 Å². The minimum atomic E-state index is -0.673. The van der Waals surface area contributed by atoms with Crippen LogP contribution in [0.25, 0.3) is 0 Å². The van der Waals surface area contributed by atoms with Gasteiger partial charge >= 0.3 is 5.97 Å².